The van der Waals surface area contributed by atoms with Gasteiger partial charge in [0.2, 0.25) is 5.91 Å². The van der Waals surface area contributed by atoms with Crippen LogP contribution in [0.3, 0.4) is 0 Å². The quantitative estimate of drug-likeness (QED) is 0.157. The van der Waals surface area contributed by atoms with Crippen molar-refractivity contribution >= 4 is 17.9 Å². The van der Waals surface area contributed by atoms with Crippen LogP contribution in [0, 0.1) is 12.8 Å². The smallest absolute Gasteiger partial charge is 0.325 e. The molecule has 0 fully saturated rings. The third kappa shape index (κ3) is 15.2. The molecule has 0 aliphatic carbocycles. The zero-order valence-electron chi connectivity index (χ0n) is 22.2. The van der Waals surface area contributed by atoms with Crippen LogP contribution in [0.2, 0.25) is 0 Å². The van der Waals surface area contributed by atoms with Crippen LogP contribution in [0.4, 0.5) is 4.79 Å². The number of hydrogen-bond acceptors (Lipinski definition) is 6. The average Bonchev–Trinajstić information content (AvgIpc) is 2.88. The van der Waals surface area contributed by atoms with Crippen LogP contribution in [0.25, 0.3) is 0 Å². The molecule has 1 unspecified atom stereocenters. The first kappa shape index (κ1) is 31.4. The van der Waals surface area contributed by atoms with Crippen LogP contribution >= 0.6 is 0 Å². The minimum atomic E-state index is -0.650. The minimum absolute atomic E-state index is 0.0277. The Bertz CT molecular complexity index is 896. The Balaban J connectivity index is 2.19. The second-order valence-corrected chi connectivity index (χ2v) is 8.74. The SMILES string of the molecule is C=C/C=C(\C=C)COC(=O)CNC(=O)NCC(=O)NC(COCCCCOc1ccc(C)cc1)C(C)C. The first-order valence-corrected chi connectivity index (χ1v) is 12.4. The summed E-state index contributed by atoms with van der Waals surface area (Å²) < 4.78 is 16.5. The lowest BCUT2D eigenvalue weighted by Gasteiger charge is -2.22. The Morgan fingerprint density at radius 3 is 2.32 bits per heavy atom. The fraction of sp³-hybridized carbons (Fsp3) is 0.464. The summed E-state index contributed by atoms with van der Waals surface area (Å²) in [7, 11) is 0. The van der Waals surface area contributed by atoms with E-state index in [4.69, 9.17) is 14.2 Å². The van der Waals surface area contributed by atoms with Gasteiger partial charge in [0.15, 0.2) is 0 Å². The normalized spacial score (nSPS) is 11.8. The first-order chi connectivity index (χ1) is 17.7. The summed E-state index contributed by atoms with van der Waals surface area (Å²) in [6, 6.07) is 7.10. The summed E-state index contributed by atoms with van der Waals surface area (Å²) in [5, 5.41) is 7.64. The van der Waals surface area contributed by atoms with Crippen LogP contribution < -0.4 is 20.7 Å². The van der Waals surface area contributed by atoms with Gasteiger partial charge in [-0.15, -0.1) is 0 Å². The molecule has 0 heterocycles. The lowest BCUT2D eigenvalue weighted by molar-refractivity contribution is -0.141. The number of allylic oxidation sites excluding steroid dienone is 2. The highest BCUT2D eigenvalue weighted by Crippen LogP contribution is 2.12. The van der Waals surface area contributed by atoms with E-state index in [-0.39, 0.29) is 37.6 Å². The zero-order chi connectivity index (χ0) is 27.5. The van der Waals surface area contributed by atoms with E-state index in [1.165, 1.54) is 5.56 Å². The van der Waals surface area contributed by atoms with Crippen molar-refractivity contribution in [3.05, 3.63) is 66.8 Å². The molecule has 204 valence electrons. The molecule has 0 saturated heterocycles. The van der Waals surface area contributed by atoms with Gasteiger partial charge in [-0.25, -0.2) is 4.79 Å². The highest BCUT2D eigenvalue weighted by molar-refractivity contribution is 5.85. The summed E-state index contributed by atoms with van der Waals surface area (Å²) in [6.45, 7) is 14.2. The van der Waals surface area contributed by atoms with Gasteiger partial charge in [0, 0.05) is 6.61 Å². The zero-order valence-corrected chi connectivity index (χ0v) is 22.2. The number of nitrogens with one attached hydrogen (secondary N) is 3. The Labute approximate surface area is 220 Å². The number of unbranched alkanes of at least 4 members (excludes halogenated alkanes) is 1. The van der Waals surface area contributed by atoms with Gasteiger partial charge in [-0.05, 0) is 43.4 Å². The van der Waals surface area contributed by atoms with Crippen molar-refractivity contribution in [3.8, 4) is 5.75 Å². The maximum atomic E-state index is 12.3. The summed E-state index contributed by atoms with van der Waals surface area (Å²) in [4.78, 5) is 35.9. The molecule has 9 nitrogen and oxygen atoms in total. The average molecular weight is 516 g/mol. The van der Waals surface area contributed by atoms with Gasteiger partial charge < -0.3 is 30.2 Å². The van der Waals surface area contributed by atoms with Gasteiger partial charge in [0.05, 0.1) is 25.8 Å². The molecule has 9 heteroatoms. The van der Waals surface area contributed by atoms with Gasteiger partial charge >= 0.3 is 12.0 Å². The second-order valence-electron chi connectivity index (χ2n) is 8.74. The molecule has 3 amide bonds. The summed E-state index contributed by atoms with van der Waals surface area (Å²) in [6.07, 6.45) is 6.47. The van der Waals surface area contributed by atoms with Gasteiger partial charge in [0.1, 0.15) is 18.9 Å². The first-order valence-electron chi connectivity index (χ1n) is 12.4. The molecule has 1 rings (SSSR count). The topological polar surface area (TPSA) is 115 Å². The van der Waals surface area contributed by atoms with E-state index in [9.17, 15) is 14.4 Å². The standard InChI is InChI=1S/C28H41N3O6/c1-6-10-23(7-2)19-37-27(33)18-30-28(34)29-17-26(32)31-25(21(3)4)20-35-15-8-9-16-36-24-13-11-22(5)12-14-24/h6-7,10-14,21,25H,1-2,8-9,15-20H2,3-5H3,(H,31,32)(H2,29,30,34)/b23-10+. The van der Waals surface area contributed by atoms with Crippen molar-refractivity contribution in [1.29, 1.82) is 0 Å². The molecule has 0 aliphatic heterocycles. The van der Waals surface area contributed by atoms with Crippen molar-refractivity contribution in [2.45, 2.75) is 39.7 Å². The number of benzene rings is 1. The third-order valence-corrected chi connectivity index (χ3v) is 5.22. The number of hydrogen-bond donors (Lipinski definition) is 3. The molecule has 0 bridgehead atoms. The van der Waals surface area contributed by atoms with Crippen molar-refractivity contribution in [2.24, 2.45) is 5.92 Å². The molecule has 0 spiro atoms. The maximum Gasteiger partial charge on any atom is 0.325 e. The molecule has 3 N–H and O–H groups in total. The lowest BCUT2D eigenvalue weighted by atomic mass is 10.1. The summed E-state index contributed by atoms with van der Waals surface area (Å²) >= 11 is 0. The Kier molecular flexibility index (Phi) is 15.8. The van der Waals surface area contributed by atoms with Gasteiger partial charge in [-0.3, -0.25) is 9.59 Å². The highest BCUT2D eigenvalue weighted by atomic mass is 16.5. The summed E-state index contributed by atoms with van der Waals surface area (Å²) in [5.41, 5.74) is 1.88. The predicted molar refractivity (Wildman–Crippen MR) is 144 cm³/mol. The Morgan fingerprint density at radius 1 is 1.00 bits per heavy atom. The molecule has 1 atom stereocenters. The number of carbonyl (C=O) groups is 3. The molecular weight excluding hydrogens is 474 g/mol. The molecule has 0 radical (unpaired) electrons. The third-order valence-electron chi connectivity index (χ3n) is 5.22. The number of ether oxygens (including phenoxy) is 3. The largest absolute Gasteiger partial charge is 0.494 e. The summed E-state index contributed by atoms with van der Waals surface area (Å²) in [5.74, 6) is 0.0370. The number of urea groups is 1. The number of esters is 1. The monoisotopic (exact) mass is 515 g/mol. The van der Waals surface area contributed by atoms with Crippen LogP contribution in [0.15, 0.2) is 61.2 Å². The van der Waals surface area contributed by atoms with E-state index in [1.54, 1.807) is 18.2 Å². The van der Waals surface area contributed by atoms with E-state index in [1.807, 2.05) is 45.0 Å². The van der Waals surface area contributed by atoms with Crippen molar-refractivity contribution in [2.75, 3.05) is 39.5 Å². The molecular formula is C28H41N3O6. The maximum absolute atomic E-state index is 12.3. The number of aryl methyl sites for hydroxylation is 1. The lowest BCUT2D eigenvalue weighted by Crippen LogP contribution is -2.48. The van der Waals surface area contributed by atoms with E-state index < -0.39 is 12.0 Å². The van der Waals surface area contributed by atoms with Crippen LogP contribution in [-0.2, 0) is 19.1 Å². The minimum Gasteiger partial charge on any atom is -0.494 e. The highest BCUT2D eigenvalue weighted by Gasteiger charge is 2.17. The molecule has 0 saturated carbocycles. The van der Waals surface area contributed by atoms with E-state index in [0.29, 0.717) is 25.4 Å². The second kappa shape index (κ2) is 18.6. The molecule has 1 aromatic rings. The fourth-order valence-electron chi connectivity index (χ4n) is 2.92. The van der Waals surface area contributed by atoms with Crippen LogP contribution in [0.1, 0.15) is 32.3 Å². The van der Waals surface area contributed by atoms with Gasteiger partial charge in [0.25, 0.3) is 0 Å². The van der Waals surface area contributed by atoms with Crippen LogP contribution in [-0.4, -0.2) is 63.5 Å². The van der Waals surface area contributed by atoms with Crippen molar-refractivity contribution < 1.29 is 28.6 Å². The van der Waals surface area contributed by atoms with Gasteiger partial charge in [-0.1, -0.05) is 62.9 Å². The fourth-order valence-corrected chi connectivity index (χ4v) is 2.92. The Morgan fingerprint density at radius 2 is 1.68 bits per heavy atom. The predicted octanol–water partition coefficient (Wildman–Crippen LogP) is 3.45. The molecule has 0 aliphatic rings. The number of rotatable bonds is 18. The van der Waals surface area contributed by atoms with E-state index in [0.717, 1.165) is 18.6 Å². The number of carbonyl (C=O) groups excluding carboxylic acids is 3. The molecule has 37 heavy (non-hydrogen) atoms. The van der Waals surface area contributed by atoms with Crippen molar-refractivity contribution in [3.63, 3.8) is 0 Å². The van der Waals surface area contributed by atoms with E-state index >= 15 is 0 Å². The van der Waals surface area contributed by atoms with Crippen molar-refractivity contribution in [1.82, 2.24) is 16.0 Å². The van der Waals surface area contributed by atoms with Crippen LogP contribution in [0.5, 0.6) is 5.75 Å². The van der Waals surface area contributed by atoms with E-state index in [2.05, 4.69) is 29.1 Å². The molecule has 0 aromatic heterocycles. The number of amides is 3. The molecule has 1 aromatic carbocycles. The van der Waals surface area contributed by atoms with Gasteiger partial charge in [-0.2, -0.15) is 0 Å². The Hall–Kier alpha value is -3.59.